The van der Waals surface area contributed by atoms with Gasteiger partial charge in [-0.25, -0.2) is 0 Å². The summed E-state index contributed by atoms with van der Waals surface area (Å²) in [4.78, 5) is 15.0. The molecule has 0 fully saturated rings. The van der Waals surface area contributed by atoms with Crippen molar-refractivity contribution in [2.75, 3.05) is 7.05 Å². The average Bonchev–Trinajstić information content (AvgIpc) is 2.67. The number of aryl methyl sites for hydroxylation is 1. The van der Waals surface area contributed by atoms with Crippen molar-refractivity contribution in [3.8, 4) is 0 Å². The molecule has 0 heterocycles. The maximum absolute atomic E-state index is 12.9. The van der Waals surface area contributed by atoms with Gasteiger partial charge in [0.2, 0.25) is 5.91 Å². The summed E-state index contributed by atoms with van der Waals surface area (Å²) in [6, 6.07) is 17.2. The van der Waals surface area contributed by atoms with Crippen molar-refractivity contribution in [1.29, 1.82) is 0 Å². The molecule has 2 aromatic carbocycles. The average molecular weight is 379 g/mol. The minimum absolute atomic E-state index is 0.107. The van der Waals surface area contributed by atoms with E-state index in [4.69, 9.17) is 0 Å². The third kappa shape index (κ3) is 4.82. The van der Waals surface area contributed by atoms with E-state index in [-0.39, 0.29) is 23.4 Å². The number of carbonyl (C=O) groups excluding carboxylic acids is 1. The van der Waals surface area contributed by atoms with E-state index in [0.717, 1.165) is 25.8 Å². The van der Waals surface area contributed by atoms with Crippen molar-refractivity contribution in [3.63, 3.8) is 0 Å². The number of likely N-dealkylation sites (N-methyl/N-ethyl adjacent to an activating group) is 1. The number of benzene rings is 2. The molecule has 0 aromatic heterocycles. The summed E-state index contributed by atoms with van der Waals surface area (Å²) in [6.45, 7) is 9.44. The van der Waals surface area contributed by atoms with Gasteiger partial charge in [0.05, 0.1) is 12.1 Å². The van der Waals surface area contributed by atoms with Crippen molar-refractivity contribution in [1.82, 2.24) is 10.2 Å². The molecular weight excluding hydrogens is 344 g/mol. The van der Waals surface area contributed by atoms with Crippen LogP contribution in [0.25, 0.3) is 0 Å². The monoisotopic (exact) mass is 378 g/mol. The van der Waals surface area contributed by atoms with Crippen LogP contribution in [0.15, 0.2) is 48.5 Å². The van der Waals surface area contributed by atoms with Crippen LogP contribution in [-0.4, -0.2) is 23.9 Å². The maximum atomic E-state index is 12.9. The van der Waals surface area contributed by atoms with Crippen molar-refractivity contribution in [2.45, 2.75) is 71.0 Å². The summed E-state index contributed by atoms with van der Waals surface area (Å²) < 4.78 is 0. The fourth-order valence-corrected chi connectivity index (χ4v) is 3.93. The van der Waals surface area contributed by atoms with E-state index in [2.05, 4.69) is 79.5 Å². The lowest BCUT2D eigenvalue weighted by Crippen LogP contribution is -2.44. The summed E-state index contributed by atoms with van der Waals surface area (Å²) in [5.74, 6) is 0.107. The van der Waals surface area contributed by atoms with Gasteiger partial charge in [0.15, 0.2) is 0 Å². The quantitative estimate of drug-likeness (QED) is 0.794. The minimum atomic E-state index is -0.170. The Labute approximate surface area is 170 Å². The Kier molecular flexibility index (Phi) is 6.24. The van der Waals surface area contributed by atoms with Crippen LogP contribution in [0.1, 0.15) is 68.8 Å². The molecule has 2 aromatic rings. The maximum Gasteiger partial charge on any atom is 0.237 e. The number of carbonyl (C=O) groups is 1. The zero-order valence-corrected chi connectivity index (χ0v) is 18.0. The third-order valence-electron chi connectivity index (χ3n) is 5.98. The molecule has 3 rings (SSSR count). The van der Waals surface area contributed by atoms with Gasteiger partial charge < -0.3 is 5.32 Å². The van der Waals surface area contributed by atoms with Crippen molar-refractivity contribution in [3.05, 3.63) is 70.8 Å². The molecule has 28 heavy (non-hydrogen) atoms. The number of hydrogen-bond donors (Lipinski definition) is 1. The molecule has 0 aliphatic heterocycles. The second kappa shape index (κ2) is 8.48. The van der Waals surface area contributed by atoms with Gasteiger partial charge in [0.1, 0.15) is 0 Å². The van der Waals surface area contributed by atoms with E-state index in [1.165, 1.54) is 22.3 Å². The Hall–Kier alpha value is -2.13. The molecule has 0 unspecified atom stereocenters. The molecule has 0 saturated carbocycles. The molecule has 0 radical (unpaired) electrons. The molecule has 3 nitrogen and oxygen atoms in total. The molecule has 2 atom stereocenters. The SMILES string of the molecule is C[C@H](C(=O)N[C@H]1CCCc2ccccc21)N(C)Cc1ccc(C(C)(C)C)cc1. The third-order valence-corrected chi connectivity index (χ3v) is 5.98. The minimum Gasteiger partial charge on any atom is -0.348 e. The smallest absolute Gasteiger partial charge is 0.237 e. The lowest BCUT2D eigenvalue weighted by Gasteiger charge is -2.30. The molecular formula is C25H34N2O. The van der Waals surface area contributed by atoms with Crippen LogP contribution in [0.3, 0.4) is 0 Å². The molecule has 1 amide bonds. The normalized spacial score (nSPS) is 17.9. The largest absolute Gasteiger partial charge is 0.348 e. The van der Waals surface area contributed by atoms with Gasteiger partial charge in [0, 0.05) is 6.54 Å². The fourth-order valence-electron chi connectivity index (χ4n) is 3.93. The Balaban J connectivity index is 1.60. The summed E-state index contributed by atoms with van der Waals surface area (Å²) in [7, 11) is 2.02. The molecule has 150 valence electrons. The van der Waals surface area contributed by atoms with Gasteiger partial charge in [-0.05, 0) is 60.9 Å². The van der Waals surface area contributed by atoms with E-state index in [1.54, 1.807) is 0 Å². The Morgan fingerprint density at radius 2 is 1.82 bits per heavy atom. The summed E-state index contributed by atoms with van der Waals surface area (Å²) in [6.07, 6.45) is 3.27. The van der Waals surface area contributed by atoms with Gasteiger partial charge in [-0.1, -0.05) is 69.3 Å². The van der Waals surface area contributed by atoms with Crippen LogP contribution >= 0.6 is 0 Å². The van der Waals surface area contributed by atoms with E-state index in [9.17, 15) is 4.79 Å². The number of nitrogens with zero attached hydrogens (tertiary/aromatic N) is 1. The summed E-state index contributed by atoms with van der Waals surface area (Å²) in [5.41, 5.74) is 5.39. The molecule has 0 spiro atoms. The van der Waals surface area contributed by atoms with Crippen LogP contribution in [0.2, 0.25) is 0 Å². The van der Waals surface area contributed by atoms with E-state index < -0.39 is 0 Å². The molecule has 3 heteroatoms. The summed E-state index contributed by atoms with van der Waals surface area (Å²) >= 11 is 0. The highest BCUT2D eigenvalue weighted by Crippen LogP contribution is 2.29. The van der Waals surface area contributed by atoms with Gasteiger partial charge in [0.25, 0.3) is 0 Å². The second-order valence-electron chi connectivity index (χ2n) is 9.19. The lowest BCUT2D eigenvalue weighted by molar-refractivity contribution is -0.126. The highest BCUT2D eigenvalue weighted by molar-refractivity contribution is 5.81. The number of nitrogens with one attached hydrogen (secondary N) is 1. The first kappa shape index (κ1) is 20.6. The van der Waals surface area contributed by atoms with E-state index >= 15 is 0 Å². The lowest BCUT2D eigenvalue weighted by atomic mass is 9.86. The summed E-state index contributed by atoms with van der Waals surface area (Å²) in [5, 5.41) is 3.29. The zero-order valence-electron chi connectivity index (χ0n) is 18.0. The highest BCUT2D eigenvalue weighted by atomic mass is 16.2. The van der Waals surface area contributed by atoms with Gasteiger partial charge >= 0.3 is 0 Å². The fraction of sp³-hybridized carbons (Fsp3) is 0.480. The van der Waals surface area contributed by atoms with Crippen molar-refractivity contribution >= 4 is 5.91 Å². The number of fused-ring (bicyclic) bond motifs is 1. The predicted molar refractivity (Wildman–Crippen MR) is 116 cm³/mol. The van der Waals surface area contributed by atoms with Crippen LogP contribution in [0, 0.1) is 0 Å². The van der Waals surface area contributed by atoms with Gasteiger partial charge in [-0.3, -0.25) is 9.69 Å². The Morgan fingerprint density at radius 1 is 1.14 bits per heavy atom. The first-order valence-electron chi connectivity index (χ1n) is 10.4. The Morgan fingerprint density at radius 3 is 2.50 bits per heavy atom. The second-order valence-corrected chi connectivity index (χ2v) is 9.19. The molecule has 1 N–H and O–H groups in total. The van der Waals surface area contributed by atoms with Crippen LogP contribution in [-0.2, 0) is 23.2 Å². The molecule has 1 aliphatic rings. The van der Waals surface area contributed by atoms with Crippen molar-refractivity contribution < 1.29 is 4.79 Å². The zero-order chi connectivity index (χ0) is 20.3. The van der Waals surface area contributed by atoms with Crippen LogP contribution in [0.5, 0.6) is 0 Å². The van der Waals surface area contributed by atoms with E-state index in [0.29, 0.717) is 0 Å². The first-order valence-corrected chi connectivity index (χ1v) is 10.4. The van der Waals surface area contributed by atoms with Crippen LogP contribution < -0.4 is 5.32 Å². The van der Waals surface area contributed by atoms with Crippen LogP contribution in [0.4, 0.5) is 0 Å². The van der Waals surface area contributed by atoms with Gasteiger partial charge in [-0.15, -0.1) is 0 Å². The first-order chi connectivity index (χ1) is 13.3. The molecule has 0 saturated heterocycles. The predicted octanol–water partition coefficient (Wildman–Crippen LogP) is 5.00. The molecule has 1 aliphatic carbocycles. The highest BCUT2D eigenvalue weighted by Gasteiger charge is 2.25. The Bertz CT molecular complexity index is 804. The standard InChI is InChI=1S/C25H34N2O/c1-18(27(5)17-19-13-15-21(16-14-19)25(2,3)4)24(28)26-23-12-8-10-20-9-6-7-11-22(20)23/h6-7,9,11,13-16,18,23H,8,10,12,17H2,1-5H3,(H,26,28)/t18-,23+/m1/s1. The van der Waals surface area contributed by atoms with E-state index in [1.807, 2.05) is 14.0 Å². The number of rotatable bonds is 5. The topological polar surface area (TPSA) is 32.3 Å². The number of amides is 1. The molecule has 0 bridgehead atoms. The van der Waals surface area contributed by atoms with Crippen molar-refractivity contribution in [2.24, 2.45) is 0 Å². The van der Waals surface area contributed by atoms with Gasteiger partial charge in [-0.2, -0.15) is 0 Å². The number of hydrogen-bond acceptors (Lipinski definition) is 2.